The second kappa shape index (κ2) is 7.03. The summed E-state index contributed by atoms with van der Waals surface area (Å²) in [6.07, 6.45) is 1.94. The van der Waals surface area contributed by atoms with Crippen LogP contribution >= 0.6 is 15.9 Å². The minimum atomic E-state index is 0.789. The van der Waals surface area contributed by atoms with Crippen molar-refractivity contribution in [3.05, 3.63) is 39.5 Å². The van der Waals surface area contributed by atoms with Crippen LogP contribution in [0.25, 0.3) is 11.4 Å². The standard InChI is InChI=1S/C17H22BrN3/c1-5-9-19-17-15(18)14(6-2)20-16(21-17)13-8-7-11(3)12(4)10-13/h7-8,10H,5-6,9H2,1-4H3,(H,19,20,21). The lowest BCUT2D eigenvalue weighted by Crippen LogP contribution is -2.07. The molecule has 1 aromatic heterocycles. The summed E-state index contributed by atoms with van der Waals surface area (Å²) in [4.78, 5) is 9.39. The van der Waals surface area contributed by atoms with Crippen LogP contribution in [0.2, 0.25) is 0 Å². The van der Waals surface area contributed by atoms with Crippen LogP contribution in [0.15, 0.2) is 22.7 Å². The first-order valence-electron chi connectivity index (χ1n) is 7.44. The molecule has 0 spiro atoms. The first-order chi connectivity index (χ1) is 10.1. The van der Waals surface area contributed by atoms with E-state index in [1.807, 2.05) is 0 Å². The zero-order valence-electron chi connectivity index (χ0n) is 13.1. The summed E-state index contributed by atoms with van der Waals surface area (Å²) in [5, 5.41) is 3.38. The van der Waals surface area contributed by atoms with Crippen LogP contribution in [0.1, 0.15) is 37.1 Å². The molecule has 2 rings (SSSR count). The Kier molecular flexibility index (Phi) is 5.34. The topological polar surface area (TPSA) is 37.8 Å². The summed E-state index contributed by atoms with van der Waals surface area (Å²) in [7, 11) is 0. The van der Waals surface area contributed by atoms with Gasteiger partial charge in [0.25, 0.3) is 0 Å². The van der Waals surface area contributed by atoms with Gasteiger partial charge in [0.2, 0.25) is 0 Å². The molecule has 0 amide bonds. The molecule has 0 unspecified atom stereocenters. The molecule has 0 atom stereocenters. The smallest absolute Gasteiger partial charge is 0.161 e. The Balaban J connectivity index is 2.49. The highest BCUT2D eigenvalue weighted by Gasteiger charge is 2.12. The Labute approximate surface area is 135 Å². The fourth-order valence-electron chi connectivity index (χ4n) is 2.10. The van der Waals surface area contributed by atoms with E-state index in [4.69, 9.17) is 9.97 Å². The quantitative estimate of drug-likeness (QED) is 0.834. The van der Waals surface area contributed by atoms with Crippen molar-refractivity contribution < 1.29 is 0 Å². The summed E-state index contributed by atoms with van der Waals surface area (Å²) >= 11 is 3.62. The molecule has 0 aliphatic carbocycles. The van der Waals surface area contributed by atoms with E-state index < -0.39 is 0 Å². The van der Waals surface area contributed by atoms with Crippen LogP contribution in [-0.4, -0.2) is 16.5 Å². The van der Waals surface area contributed by atoms with Crippen LogP contribution in [0.4, 0.5) is 5.82 Å². The lowest BCUT2D eigenvalue weighted by Gasteiger charge is -2.12. The van der Waals surface area contributed by atoms with E-state index >= 15 is 0 Å². The fourth-order valence-corrected chi connectivity index (χ4v) is 2.70. The number of halogens is 1. The zero-order chi connectivity index (χ0) is 15.4. The highest BCUT2D eigenvalue weighted by molar-refractivity contribution is 9.10. The second-order valence-electron chi connectivity index (χ2n) is 5.24. The van der Waals surface area contributed by atoms with Gasteiger partial charge in [0.1, 0.15) is 5.82 Å². The Morgan fingerprint density at radius 3 is 2.48 bits per heavy atom. The molecule has 0 aliphatic heterocycles. The summed E-state index contributed by atoms with van der Waals surface area (Å²) in [6.45, 7) is 9.40. The van der Waals surface area contributed by atoms with Crippen molar-refractivity contribution in [3.8, 4) is 11.4 Å². The molecule has 1 heterocycles. The van der Waals surface area contributed by atoms with Crippen molar-refractivity contribution in [2.24, 2.45) is 0 Å². The number of benzene rings is 1. The minimum Gasteiger partial charge on any atom is -0.369 e. The molecule has 0 radical (unpaired) electrons. The number of rotatable bonds is 5. The molecule has 0 fully saturated rings. The first kappa shape index (κ1) is 16.0. The highest BCUT2D eigenvalue weighted by Crippen LogP contribution is 2.28. The van der Waals surface area contributed by atoms with Crippen molar-refractivity contribution in [2.75, 3.05) is 11.9 Å². The van der Waals surface area contributed by atoms with Gasteiger partial charge in [0.05, 0.1) is 10.2 Å². The van der Waals surface area contributed by atoms with Crippen LogP contribution in [0.5, 0.6) is 0 Å². The number of aryl methyl sites for hydroxylation is 3. The van der Waals surface area contributed by atoms with Gasteiger partial charge in [0.15, 0.2) is 5.82 Å². The average molecular weight is 348 g/mol. The molecular weight excluding hydrogens is 326 g/mol. The van der Waals surface area contributed by atoms with Gasteiger partial charge in [0, 0.05) is 12.1 Å². The molecular formula is C17H22BrN3. The van der Waals surface area contributed by atoms with Gasteiger partial charge in [-0.1, -0.05) is 26.0 Å². The molecule has 0 bridgehead atoms. The molecule has 1 N–H and O–H groups in total. The van der Waals surface area contributed by atoms with Gasteiger partial charge in [-0.3, -0.25) is 0 Å². The molecule has 21 heavy (non-hydrogen) atoms. The molecule has 0 aliphatic rings. The van der Waals surface area contributed by atoms with Crippen molar-refractivity contribution >= 4 is 21.7 Å². The van der Waals surface area contributed by atoms with Crippen LogP contribution in [0, 0.1) is 13.8 Å². The maximum Gasteiger partial charge on any atom is 0.161 e. The Morgan fingerprint density at radius 2 is 1.86 bits per heavy atom. The predicted molar refractivity (Wildman–Crippen MR) is 92.8 cm³/mol. The van der Waals surface area contributed by atoms with Gasteiger partial charge >= 0.3 is 0 Å². The lowest BCUT2D eigenvalue weighted by atomic mass is 10.1. The van der Waals surface area contributed by atoms with Gasteiger partial charge < -0.3 is 5.32 Å². The molecule has 4 heteroatoms. The normalized spacial score (nSPS) is 10.7. The second-order valence-corrected chi connectivity index (χ2v) is 6.03. The Bertz CT molecular complexity index is 638. The van der Waals surface area contributed by atoms with Gasteiger partial charge in [-0.25, -0.2) is 9.97 Å². The SMILES string of the molecule is CCCNc1nc(-c2ccc(C)c(C)c2)nc(CC)c1Br. The number of hydrogen-bond donors (Lipinski definition) is 1. The van der Waals surface area contributed by atoms with Gasteiger partial charge in [-0.15, -0.1) is 0 Å². The largest absolute Gasteiger partial charge is 0.369 e. The predicted octanol–water partition coefficient (Wildman–Crippen LogP) is 4.91. The number of nitrogens with zero attached hydrogens (tertiary/aromatic N) is 2. The number of anilines is 1. The zero-order valence-corrected chi connectivity index (χ0v) is 14.7. The number of nitrogens with one attached hydrogen (secondary N) is 1. The minimum absolute atomic E-state index is 0.789. The summed E-state index contributed by atoms with van der Waals surface area (Å²) in [6, 6.07) is 6.37. The Morgan fingerprint density at radius 1 is 1.10 bits per heavy atom. The average Bonchev–Trinajstić information content (AvgIpc) is 2.49. The van der Waals surface area contributed by atoms with Crippen molar-refractivity contribution in [1.82, 2.24) is 9.97 Å². The third-order valence-electron chi connectivity index (χ3n) is 3.56. The van der Waals surface area contributed by atoms with Crippen LogP contribution < -0.4 is 5.32 Å². The van der Waals surface area contributed by atoms with E-state index in [0.717, 1.165) is 46.8 Å². The van der Waals surface area contributed by atoms with Gasteiger partial charge in [-0.05, 0) is 59.8 Å². The fraction of sp³-hybridized carbons (Fsp3) is 0.412. The lowest BCUT2D eigenvalue weighted by molar-refractivity contribution is 0.943. The first-order valence-corrected chi connectivity index (χ1v) is 8.24. The van der Waals surface area contributed by atoms with Crippen LogP contribution in [0.3, 0.4) is 0 Å². The van der Waals surface area contributed by atoms with Crippen molar-refractivity contribution in [1.29, 1.82) is 0 Å². The molecule has 2 aromatic rings. The third kappa shape index (κ3) is 3.62. The summed E-state index contributed by atoms with van der Waals surface area (Å²) < 4.78 is 0.978. The van der Waals surface area contributed by atoms with E-state index in [-0.39, 0.29) is 0 Å². The van der Waals surface area contributed by atoms with Gasteiger partial charge in [-0.2, -0.15) is 0 Å². The molecule has 0 saturated carbocycles. The van der Waals surface area contributed by atoms with E-state index in [1.165, 1.54) is 11.1 Å². The monoisotopic (exact) mass is 347 g/mol. The third-order valence-corrected chi connectivity index (χ3v) is 4.40. The molecule has 3 nitrogen and oxygen atoms in total. The highest BCUT2D eigenvalue weighted by atomic mass is 79.9. The summed E-state index contributed by atoms with van der Waals surface area (Å²) in [5.41, 5.74) is 4.66. The maximum atomic E-state index is 4.70. The molecule has 0 saturated heterocycles. The molecule has 1 aromatic carbocycles. The summed E-state index contributed by atoms with van der Waals surface area (Å²) in [5.74, 6) is 1.67. The maximum absolute atomic E-state index is 4.70. The number of aromatic nitrogens is 2. The van der Waals surface area contributed by atoms with Crippen LogP contribution in [-0.2, 0) is 6.42 Å². The van der Waals surface area contributed by atoms with E-state index in [0.29, 0.717) is 0 Å². The number of hydrogen-bond acceptors (Lipinski definition) is 3. The van der Waals surface area contributed by atoms with E-state index in [1.54, 1.807) is 0 Å². The molecule has 112 valence electrons. The van der Waals surface area contributed by atoms with Crippen molar-refractivity contribution in [3.63, 3.8) is 0 Å². The van der Waals surface area contributed by atoms with E-state index in [2.05, 4.69) is 67.1 Å². The van der Waals surface area contributed by atoms with E-state index in [9.17, 15) is 0 Å². The van der Waals surface area contributed by atoms with Crippen molar-refractivity contribution in [2.45, 2.75) is 40.5 Å². The Hall–Kier alpha value is -1.42.